The van der Waals surface area contributed by atoms with Crippen LogP contribution in [0.25, 0.3) is 0 Å². The van der Waals surface area contributed by atoms with Crippen LogP contribution in [0.15, 0.2) is 47.4 Å². The predicted molar refractivity (Wildman–Crippen MR) is 111 cm³/mol. The van der Waals surface area contributed by atoms with Crippen molar-refractivity contribution in [3.8, 4) is 5.75 Å². The van der Waals surface area contributed by atoms with Crippen LogP contribution in [0.3, 0.4) is 0 Å². The number of esters is 1. The molecule has 0 unspecified atom stereocenters. The van der Waals surface area contributed by atoms with Crippen molar-refractivity contribution in [2.75, 3.05) is 26.8 Å². The minimum absolute atomic E-state index is 0.0147. The van der Waals surface area contributed by atoms with Crippen molar-refractivity contribution in [3.05, 3.63) is 58.9 Å². The van der Waals surface area contributed by atoms with Crippen LogP contribution >= 0.6 is 11.6 Å². The van der Waals surface area contributed by atoms with E-state index in [2.05, 4.69) is 0 Å². The molecule has 0 radical (unpaired) electrons. The second kappa shape index (κ2) is 9.76. The van der Waals surface area contributed by atoms with Gasteiger partial charge in [0, 0.05) is 18.1 Å². The number of benzene rings is 2. The van der Waals surface area contributed by atoms with E-state index in [0.717, 1.165) is 12.1 Å². The fourth-order valence-corrected chi connectivity index (χ4v) is 4.91. The number of nitrogens with zero attached hydrogens (tertiary/aromatic N) is 1. The van der Waals surface area contributed by atoms with Crippen LogP contribution in [0, 0.1) is 11.7 Å². The number of methoxy groups -OCH3 is 1. The Kier molecular flexibility index (Phi) is 7.30. The number of hydrogen-bond acceptors (Lipinski definition) is 6. The third kappa shape index (κ3) is 5.41. The topological polar surface area (TPSA) is 90.0 Å². The molecular weight excluding hydrogens is 449 g/mol. The number of rotatable bonds is 7. The monoisotopic (exact) mass is 469 g/mol. The normalized spacial score (nSPS) is 15.5. The molecule has 1 heterocycles. The summed E-state index contributed by atoms with van der Waals surface area (Å²) in [6.45, 7) is -0.255. The minimum atomic E-state index is -3.68. The Labute approximate surface area is 184 Å². The molecule has 31 heavy (non-hydrogen) atoms. The summed E-state index contributed by atoms with van der Waals surface area (Å²) in [4.78, 5) is 24.8. The van der Waals surface area contributed by atoms with E-state index in [1.165, 1.54) is 41.7 Å². The second-order valence-electron chi connectivity index (χ2n) is 7.01. The zero-order valence-electron chi connectivity index (χ0n) is 16.7. The Morgan fingerprint density at radius 3 is 2.39 bits per heavy atom. The van der Waals surface area contributed by atoms with Gasteiger partial charge in [-0.2, -0.15) is 4.31 Å². The van der Waals surface area contributed by atoms with Crippen molar-refractivity contribution >= 4 is 33.4 Å². The Morgan fingerprint density at radius 1 is 1.13 bits per heavy atom. The van der Waals surface area contributed by atoms with Crippen molar-refractivity contribution in [2.45, 2.75) is 17.7 Å². The molecule has 0 aliphatic carbocycles. The highest BCUT2D eigenvalue weighted by atomic mass is 35.5. The number of Topliss-reactive ketones (excluding diaryl/α,β-unsaturated/α-hetero) is 1. The molecule has 2 aromatic rings. The lowest BCUT2D eigenvalue weighted by molar-refractivity contribution is -0.148. The Hall–Kier alpha value is -2.49. The number of ether oxygens (including phenoxy) is 2. The van der Waals surface area contributed by atoms with Crippen molar-refractivity contribution < 1.29 is 31.9 Å². The van der Waals surface area contributed by atoms with E-state index in [1.807, 2.05) is 0 Å². The maximum Gasteiger partial charge on any atom is 0.309 e. The predicted octanol–water partition coefficient (Wildman–Crippen LogP) is 3.31. The number of halogens is 2. The van der Waals surface area contributed by atoms with Gasteiger partial charge in [-0.1, -0.05) is 11.6 Å². The van der Waals surface area contributed by atoms with E-state index >= 15 is 0 Å². The summed E-state index contributed by atoms with van der Waals surface area (Å²) in [6, 6.07) is 9.38. The molecule has 0 spiro atoms. The van der Waals surface area contributed by atoms with Crippen LogP contribution in [0.1, 0.15) is 23.2 Å². The number of ketones is 1. The fraction of sp³-hybridized carbons (Fsp3) is 0.333. The lowest BCUT2D eigenvalue weighted by Crippen LogP contribution is -2.40. The highest BCUT2D eigenvalue weighted by Crippen LogP contribution is 2.26. The quantitative estimate of drug-likeness (QED) is 0.456. The number of carbonyl (C=O) groups is 2. The van der Waals surface area contributed by atoms with Gasteiger partial charge < -0.3 is 9.47 Å². The molecule has 0 aromatic heterocycles. The Bertz CT molecular complexity index is 1070. The lowest BCUT2D eigenvalue weighted by atomic mass is 9.98. The van der Waals surface area contributed by atoms with Crippen LogP contribution in [0.4, 0.5) is 4.39 Å². The van der Waals surface area contributed by atoms with Crippen LogP contribution in [0.5, 0.6) is 5.75 Å². The largest absolute Gasteiger partial charge is 0.496 e. The van der Waals surface area contributed by atoms with Gasteiger partial charge >= 0.3 is 5.97 Å². The average molecular weight is 470 g/mol. The molecule has 1 aliphatic rings. The van der Waals surface area contributed by atoms with Gasteiger partial charge in [-0.25, -0.2) is 12.8 Å². The molecule has 0 N–H and O–H groups in total. The Balaban J connectivity index is 1.55. The van der Waals surface area contributed by atoms with Crippen molar-refractivity contribution in [3.63, 3.8) is 0 Å². The molecule has 0 amide bonds. The van der Waals surface area contributed by atoms with Gasteiger partial charge in [0.15, 0.2) is 6.61 Å². The van der Waals surface area contributed by atoms with Crippen LogP contribution in [0.2, 0.25) is 5.02 Å². The number of carbonyl (C=O) groups excluding carboxylic acids is 2. The average Bonchev–Trinajstić information content (AvgIpc) is 2.77. The molecule has 0 atom stereocenters. The van der Waals surface area contributed by atoms with Gasteiger partial charge in [-0.15, -0.1) is 0 Å². The number of piperidine rings is 1. The van der Waals surface area contributed by atoms with Crippen LogP contribution in [-0.2, 0) is 19.6 Å². The summed E-state index contributed by atoms with van der Waals surface area (Å²) in [5.74, 6) is -2.13. The molecule has 0 saturated carbocycles. The second-order valence-corrected chi connectivity index (χ2v) is 9.38. The molecule has 0 bridgehead atoms. The van der Waals surface area contributed by atoms with Crippen molar-refractivity contribution in [1.29, 1.82) is 0 Å². The summed E-state index contributed by atoms with van der Waals surface area (Å²) in [5.41, 5.74) is -0.0147. The molecule has 1 saturated heterocycles. The summed E-state index contributed by atoms with van der Waals surface area (Å²) in [5, 5.41) is 0.436. The van der Waals surface area contributed by atoms with Crippen molar-refractivity contribution in [1.82, 2.24) is 4.31 Å². The summed E-state index contributed by atoms with van der Waals surface area (Å²) >= 11 is 5.81. The molecule has 7 nitrogen and oxygen atoms in total. The van der Waals surface area contributed by atoms with Gasteiger partial charge in [0.1, 0.15) is 11.6 Å². The van der Waals surface area contributed by atoms with Gasteiger partial charge in [0.2, 0.25) is 15.8 Å². The van der Waals surface area contributed by atoms with E-state index in [4.69, 9.17) is 21.1 Å². The number of hydrogen-bond donors (Lipinski definition) is 0. The van der Waals surface area contributed by atoms with Gasteiger partial charge in [-0.05, 0) is 55.3 Å². The maximum atomic E-state index is 13.4. The van der Waals surface area contributed by atoms with E-state index in [1.54, 1.807) is 0 Å². The third-order valence-electron chi connectivity index (χ3n) is 5.05. The number of sulfonamides is 1. The highest BCUT2D eigenvalue weighted by molar-refractivity contribution is 7.89. The van der Waals surface area contributed by atoms with E-state index in [0.29, 0.717) is 5.02 Å². The van der Waals surface area contributed by atoms with Gasteiger partial charge in [0.05, 0.1) is 23.5 Å². The van der Waals surface area contributed by atoms with E-state index in [9.17, 15) is 22.4 Å². The molecule has 2 aromatic carbocycles. The van der Waals surface area contributed by atoms with Gasteiger partial charge in [0.25, 0.3) is 0 Å². The highest BCUT2D eigenvalue weighted by Gasteiger charge is 2.33. The van der Waals surface area contributed by atoms with Crippen molar-refractivity contribution in [2.24, 2.45) is 5.92 Å². The molecule has 10 heteroatoms. The molecule has 1 aliphatic heterocycles. The molecule has 3 rings (SSSR count). The van der Waals surface area contributed by atoms with Crippen LogP contribution < -0.4 is 4.74 Å². The molecular formula is C21H21ClFNO6S. The maximum absolute atomic E-state index is 13.4. The first-order valence-corrected chi connectivity index (χ1v) is 11.3. The first-order valence-electron chi connectivity index (χ1n) is 9.51. The standard InChI is InChI=1S/C21H21ClFNO6S/c1-29-20-7-4-16(23)12-18(20)19(25)13-30-21(26)14-8-10-24(11-9-14)31(27,28)17-5-2-15(22)3-6-17/h2-7,12,14H,8-11,13H2,1H3. The SMILES string of the molecule is COc1ccc(F)cc1C(=O)COC(=O)C1CCN(S(=O)(=O)c2ccc(Cl)cc2)CC1. The summed E-state index contributed by atoms with van der Waals surface area (Å²) < 4.78 is 50.3. The van der Waals surface area contributed by atoms with Crippen LogP contribution in [-0.4, -0.2) is 51.3 Å². The summed E-state index contributed by atoms with van der Waals surface area (Å²) in [7, 11) is -2.33. The zero-order chi connectivity index (χ0) is 22.6. The Morgan fingerprint density at radius 2 is 1.77 bits per heavy atom. The third-order valence-corrected chi connectivity index (χ3v) is 7.21. The van der Waals surface area contributed by atoms with E-state index < -0.39 is 40.1 Å². The lowest BCUT2D eigenvalue weighted by Gasteiger charge is -2.30. The fourth-order valence-electron chi connectivity index (χ4n) is 3.32. The van der Waals surface area contributed by atoms with E-state index in [-0.39, 0.29) is 42.1 Å². The molecule has 1 fully saturated rings. The minimum Gasteiger partial charge on any atom is -0.496 e. The summed E-state index contributed by atoms with van der Waals surface area (Å²) in [6.07, 6.45) is 0.534. The molecule has 166 valence electrons. The van der Waals surface area contributed by atoms with Gasteiger partial charge in [-0.3, -0.25) is 9.59 Å². The smallest absolute Gasteiger partial charge is 0.309 e. The first-order chi connectivity index (χ1) is 14.7. The zero-order valence-corrected chi connectivity index (χ0v) is 18.3. The first kappa shape index (κ1) is 23.2.